The van der Waals surface area contributed by atoms with Gasteiger partial charge in [0.1, 0.15) is 4.21 Å². The topological polar surface area (TPSA) is 91.1 Å². The molecule has 138 valence electrons. The van der Waals surface area contributed by atoms with E-state index in [-0.39, 0.29) is 10.1 Å². The van der Waals surface area contributed by atoms with Gasteiger partial charge < -0.3 is 10.3 Å². The number of sulfonamides is 1. The molecule has 0 aliphatic rings. The van der Waals surface area contributed by atoms with Gasteiger partial charge in [-0.3, -0.25) is 4.79 Å². The van der Waals surface area contributed by atoms with E-state index in [0.717, 1.165) is 34.6 Å². The summed E-state index contributed by atoms with van der Waals surface area (Å²) in [5.41, 5.74) is 2.32. The Balaban J connectivity index is 1.46. The lowest BCUT2D eigenvalue weighted by atomic mass is 10.1. The fourth-order valence-electron chi connectivity index (χ4n) is 2.75. The number of H-pyrrole nitrogens is 1. The van der Waals surface area contributed by atoms with Gasteiger partial charge in [0.2, 0.25) is 15.9 Å². The molecule has 0 saturated carbocycles. The number of carbonyl (C=O) groups excluding carboxylic acids is 1. The monoisotopic (exact) mass is 391 g/mol. The first-order chi connectivity index (χ1) is 12.5. The van der Waals surface area contributed by atoms with Crippen molar-refractivity contribution in [1.82, 2.24) is 15.0 Å². The molecule has 0 spiro atoms. The minimum Gasteiger partial charge on any atom is -0.361 e. The maximum Gasteiger partial charge on any atom is 0.249 e. The third-order valence-electron chi connectivity index (χ3n) is 4.16. The molecule has 0 unspecified atom stereocenters. The highest BCUT2D eigenvalue weighted by Gasteiger charge is 2.14. The Hall–Kier alpha value is -2.16. The highest BCUT2D eigenvalue weighted by Crippen LogP contribution is 2.21. The van der Waals surface area contributed by atoms with Crippen LogP contribution in [0.4, 0.5) is 0 Å². The van der Waals surface area contributed by atoms with Crippen LogP contribution < -0.4 is 10.0 Å². The molecule has 0 bridgehead atoms. The molecule has 2 heterocycles. The summed E-state index contributed by atoms with van der Waals surface area (Å²) in [7, 11) is -2.04. The average molecular weight is 392 g/mol. The summed E-state index contributed by atoms with van der Waals surface area (Å²) < 4.78 is 26.0. The van der Waals surface area contributed by atoms with Gasteiger partial charge in [0.05, 0.1) is 6.54 Å². The van der Waals surface area contributed by atoms with Crippen molar-refractivity contribution < 1.29 is 13.2 Å². The molecular weight excluding hydrogens is 370 g/mol. The Morgan fingerprint density at radius 2 is 2.00 bits per heavy atom. The Kier molecular flexibility index (Phi) is 5.75. The predicted molar refractivity (Wildman–Crippen MR) is 104 cm³/mol. The zero-order chi connectivity index (χ0) is 18.6. The summed E-state index contributed by atoms with van der Waals surface area (Å²) in [5.74, 6) is -0.0312. The summed E-state index contributed by atoms with van der Waals surface area (Å²) in [6.07, 6.45) is 4.03. The lowest BCUT2D eigenvalue weighted by Crippen LogP contribution is -2.22. The molecule has 0 saturated heterocycles. The number of aromatic nitrogens is 1. The lowest BCUT2D eigenvalue weighted by Gasteiger charge is -2.04. The van der Waals surface area contributed by atoms with E-state index in [0.29, 0.717) is 13.0 Å². The standard InChI is InChI=1S/C18H21N3O3S2/c1-19-26(23,24)18-10-9-14(25-18)12-21-17(22)8-4-5-13-11-20-16-7-3-2-6-15(13)16/h2-3,6-7,9-11,19-20H,4-5,8,12H2,1H3,(H,21,22). The molecule has 0 atom stereocenters. The highest BCUT2D eigenvalue weighted by atomic mass is 32.2. The van der Waals surface area contributed by atoms with Gasteiger partial charge in [0, 0.05) is 28.4 Å². The predicted octanol–water partition coefficient (Wildman–Crippen LogP) is 2.78. The molecule has 1 amide bonds. The van der Waals surface area contributed by atoms with Crippen LogP contribution >= 0.6 is 11.3 Å². The molecule has 26 heavy (non-hydrogen) atoms. The average Bonchev–Trinajstić information content (AvgIpc) is 3.28. The number of amides is 1. The number of para-hydroxylation sites is 1. The van der Waals surface area contributed by atoms with E-state index in [1.54, 1.807) is 12.1 Å². The number of hydrogen-bond acceptors (Lipinski definition) is 4. The summed E-state index contributed by atoms with van der Waals surface area (Å²) in [6, 6.07) is 11.4. The van der Waals surface area contributed by atoms with Crippen LogP contribution in [0.2, 0.25) is 0 Å². The number of aryl methyl sites for hydroxylation is 1. The number of rotatable bonds is 8. The van der Waals surface area contributed by atoms with Gasteiger partial charge in [0.25, 0.3) is 0 Å². The molecule has 0 aliphatic heterocycles. The van der Waals surface area contributed by atoms with E-state index >= 15 is 0 Å². The SMILES string of the molecule is CNS(=O)(=O)c1ccc(CNC(=O)CCCc2c[nH]c3ccccc23)s1. The lowest BCUT2D eigenvalue weighted by molar-refractivity contribution is -0.121. The molecule has 0 aliphatic carbocycles. The molecule has 1 aromatic carbocycles. The second-order valence-electron chi connectivity index (χ2n) is 5.92. The van der Waals surface area contributed by atoms with E-state index in [1.807, 2.05) is 24.4 Å². The van der Waals surface area contributed by atoms with Crippen molar-refractivity contribution in [2.75, 3.05) is 7.05 Å². The third-order valence-corrected chi connectivity index (χ3v) is 7.15. The second-order valence-corrected chi connectivity index (χ2v) is 9.20. The maximum absolute atomic E-state index is 12.0. The maximum atomic E-state index is 12.0. The second kappa shape index (κ2) is 8.03. The van der Waals surface area contributed by atoms with E-state index in [2.05, 4.69) is 21.1 Å². The van der Waals surface area contributed by atoms with Crippen LogP contribution in [0.1, 0.15) is 23.3 Å². The van der Waals surface area contributed by atoms with Crippen LogP contribution in [0.3, 0.4) is 0 Å². The normalized spacial score (nSPS) is 11.7. The number of fused-ring (bicyclic) bond motifs is 1. The molecule has 6 nitrogen and oxygen atoms in total. The van der Waals surface area contributed by atoms with Gasteiger partial charge >= 0.3 is 0 Å². The zero-order valence-corrected chi connectivity index (χ0v) is 16.0. The van der Waals surface area contributed by atoms with Crippen molar-refractivity contribution in [3.05, 3.63) is 53.0 Å². The number of hydrogen-bond donors (Lipinski definition) is 3. The smallest absolute Gasteiger partial charge is 0.249 e. The van der Waals surface area contributed by atoms with Crippen LogP contribution in [0.5, 0.6) is 0 Å². The molecule has 3 rings (SSSR count). The van der Waals surface area contributed by atoms with Gasteiger partial charge in [-0.15, -0.1) is 11.3 Å². The number of nitrogens with one attached hydrogen (secondary N) is 3. The van der Waals surface area contributed by atoms with E-state index in [4.69, 9.17) is 0 Å². The first kappa shape index (κ1) is 18.6. The molecule has 3 N–H and O–H groups in total. The van der Waals surface area contributed by atoms with Gasteiger partial charge in [-0.05, 0) is 43.7 Å². The summed E-state index contributed by atoms with van der Waals surface area (Å²) >= 11 is 1.16. The van der Waals surface area contributed by atoms with Crippen molar-refractivity contribution in [1.29, 1.82) is 0 Å². The van der Waals surface area contributed by atoms with Gasteiger partial charge in [-0.2, -0.15) is 0 Å². The molecule has 0 radical (unpaired) electrons. The fraction of sp³-hybridized carbons (Fsp3) is 0.278. The van der Waals surface area contributed by atoms with Crippen molar-refractivity contribution in [3.63, 3.8) is 0 Å². The Bertz CT molecular complexity index is 1010. The Labute approximate surface area is 156 Å². The molecular formula is C18H21N3O3S2. The van der Waals surface area contributed by atoms with Crippen LogP contribution in [-0.4, -0.2) is 26.4 Å². The van der Waals surface area contributed by atoms with Gasteiger partial charge in [0.15, 0.2) is 0 Å². The third kappa shape index (κ3) is 4.32. The number of thiophene rings is 1. The van der Waals surface area contributed by atoms with Gasteiger partial charge in [-0.1, -0.05) is 18.2 Å². The first-order valence-corrected chi connectivity index (χ1v) is 10.6. The number of aromatic amines is 1. The summed E-state index contributed by atoms with van der Waals surface area (Å²) in [4.78, 5) is 16.1. The van der Waals surface area contributed by atoms with Crippen molar-refractivity contribution in [2.45, 2.75) is 30.0 Å². The molecule has 8 heteroatoms. The van der Waals surface area contributed by atoms with E-state index < -0.39 is 10.0 Å². The number of benzene rings is 1. The van der Waals surface area contributed by atoms with E-state index in [1.165, 1.54) is 18.0 Å². The van der Waals surface area contributed by atoms with Crippen molar-refractivity contribution >= 4 is 38.2 Å². The Morgan fingerprint density at radius 3 is 2.81 bits per heavy atom. The molecule has 0 fully saturated rings. The van der Waals surface area contributed by atoms with E-state index in [9.17, 15) is 13.2 Å². The van der Waals surface area contributed by atoms with Crippen LogP contribution in [0, 0.1) is 0 Å². The molecule has 3 aromatic rings. The zero-order valence-electron chi connectivity index (χ0n) is 14.4. The number of carbonyl (C=O) groups is 1. The first-order valence-electron chi connectivity index (χ1n) is 8.33. The highest BCUT2D eigenvalue weighted by molar-refractivity contribution is 7.91. The summed E-state index contributed by atoms with van der Waals surface area (Å²) in [5, 5.41) is 4.05. The Morgan fingerprint density at radius 1 is 1.19 bits per heavy atom. The minimum absolute atomic E-state index is 0.0312. The summed E-state index contributed by atoms with van der Waals surface area (Å²) in [6.45, 7) is 0.343. The minimum atomic E-state index is -3.42. The van der Waals surface area contributed by atoms with Crippen LogP contribution in [0.25, 0.3) is 10.9 Å². The molecule has 2 aromatic heterocycles. The van der Waals surface area contributed by atoms with Crippen molar-refractivity contribution in [2.24, 2.45) is 0 Å². The van der Waals surface area contributed by atoms with Crippen LogP contribution in [-0.2, 0) is 27.8 Å². The fourth-order valence-corrected chi connectivity index (χ4v) is 4.88. The van der Waals surface area contributed by atoms with Crippen LogP contribution in [0.15, 0.2) is 46.8 Å². The quantitative estimate of drug-likeness (QED) is 0.551. The van der Waals surface area contributed by atoms with Crippen molar-refractivity contribution in [3.8, 4) is 0 Å². The largest absolute Gasteiger partial charge is 0.361 e. The van der Waals surface area contributed by atoms with Gasteiger partial charge in [-0.25, -0.2) is 13.1 Å².